The van der Waals surface area contributed by atoms with E-state index in [2.05, 4.69) is 27.5 Å². The fraction of sp³-hybridized carbons (Fsp3) is 0.391. The van der Waals surface area contributed by atoms with Gasteiger partial charge in [0.1, 0.15) is 18.0 Å². The number of aromatic nitrogens is 2. The zero-order valence-corrected chi connectivity index (χ0v) is 18.4. The number of benzene rings is 2. The fourth-order valence-electron chi connectivity index (χ4n) is 3.98. The molecule has 1 saturated carbocycles. The molecule has 0 aliphatic heterocycles. The third-order valence-corrected chi connectivity index (χ3v) is 5.85. The van der Waals surface area contributed by atoms with Crippen LogP contribution < -0.4 is 20.1 Å². The lowest BCUT2D eigenvalue weighted by molar-refractivity contribution is 0.136. The molecule has 164 valence electrons. The number of ether oxygens (including phenoxy) is 2. The topological polar surface area (TPSA) is 68.3 Å². The lowest BCUT2D eigenvalue weighted by Gasteiger charge is -2.29. The first-order chi connectivity index (χ1) is 15.1. The van der Waals surface area contributed by atoms with E-state index in [0.717, 1.165) is 37.6 Å². The second-order valence-corrected chi connectivity index (χ2v) is 8.05. The number of hydrogen-bond acceptors (Lipinski definition) is 6. The highest BCUT2D eigenvalue weighted by Gasteiger charge is 2.23. The van der Waals surface area contributed by atoms with Gasteiger partial charge in [-0.05, 0) is 56.5 Å². The monoisotopic (exact) mass is 444 g/mol. The van der Waals surface area contributed by atoms with Gasteiger partial charge in [0, 0.05) is 23.2 Å². The second kappa shape index (κ2) is 9.66. The van der Waals surface area contributed by atoms with Gasteiger partial charge in [-0.2, -0.15) is 0 Å². The largest absolute Gasteiger partial charge is 0.493 e. The number of fused-ring (bicyclic) bond motifs is 1. The molecule has 0 saturated heterocycles. The van der Waals surface area contributed by atoms with E-state index in [-0.39, 0.29) is 11.1 Å². The minimum atomic E-state index is -0.468. The summed E-state index contributed by atoms with van der Waals surface area (Å²) in [5, 5.41) is 7.53. The molecule has 8 heteroatoms. The van der Waals surface area contributed by atoms with E-state index in [0.29, 0.717) is 34.6 Å². The molecule has 0 radical (unpaired) electrons. The minimum absolute atomic E-state index is 0.0437. The van der Waals surface area contributed by atoms with Gasteiger partial charge in [0.05, 0.1) is 23.8 Å². The van der Waals surface area contributed by atoms with Crippen LogP contribution in [0.4, 0.5) is 15.9 Å². The Morgan fingerprint density at radius 1 is 1.10 bits per heavy atom. The van der Waals surface area contributed by atoms with Gasteiger partial charge in [0.25, 0.3) is 0 Å². The van der Waals surface area contributed by atoms with Gasteiger partial charge in [0.2, 0.25) is 0 Å². The molecule has 0 unspecified atom stereocenters. The zero-order chi connectivity index (χ0) is 21.8. The van der Waals surface area contributed by atoms with E-state index in [1.54, 1.807) is 13.2 Å². The number of nitrogens with zero attached hydrogens (tertiary/aromatic N) is 2. The van der Waals surface area contributed by atoms with Crippen LogP contribution in [0.1, 0.15) is 32.6 Å². The molecular formula is C23H26ClFN4O2. The van der Waals surface area contributed by atoms with Gasteiger partial charge in [-0.25, -0.2) is 14.4 Å². The Bertz CT molecular complexity index is 1060. The molecule has 2 N–H and O–H groups in total. The molecule has 0 amide bonds. The molecule has 1 aliphatic rings. The summed E-state index contributed by atoms with van der Waals surface area (Å²) in [6.45, 7) is 3.12. The van der Waals surface area contributed by atoms with E-state index in [1.807, 2.05) is 12.1 Å². The predicted molar refractivity (Wildman–Crippen MR) is 121 cm³/mol. The minimum Gasteiger partial charge on any atom is -0.493 e. The maximum absolute atomic E-state index is 13.5. The molecule has 6 nitrogen and oxygen atoms in total. The lowest BCUT2D eigenvalue weighted by atomic mass is 9.93. The van der Waals surface area contributed by atoms with E-state index in [1.165, 1.54) is 18.5 Å². The highest BCUT2D eigenvalue weighted by molar-refractivity contribution is 6.31. The number of halogens is 2. The van der Waals surface area contributed by atoms with E-state index >= 15 is 0 Å². The van der Waals surface area contributed by atoms with Gasteiger partial charge in [0.15, 0.2) is 11.5 Å². The summed E-state index contributed by atoms with van der Waals surface area (Å²) in [7, 11) is 1.62. The first-order valence-electron chi connectivity index (χ1n) is 10.5. The number of nitrogens with one attached hydrogen (secondary N) is 2. The van der Waals surface area contributed by atoms with E-state index < -0.39 is 5.82 Å². The van der Waals surface area contributed by atoms with Crippen LogP contribution in [0.25, 0.3) is 10.9 Å². The van der Waals surface area contributed by atoms with Gasteiger partial charge in [-0.1, -0.05) is 18.5 Å². The molecule has 4 rings (SSSR count). The van der Waals surface area contributed by atoms with E-state index in [9.17, 15) is 4.39 Å². The Labute approximate surface area is 186 Å². The van der Waals surface area contributed by atoms with Crippen molar-refractivity contribution in [2.75, 3.05) is 19.0 Å². The maximum Gasteiger partial charge on any atom is 0.162 e. The zero-order valence-electron chi connectivity index (χ0n) is 17.6. The summed E-state index contributed by atoms with van der Waals surface area (Å²) in [4.78, 5) is 8.73. The van der Waals surface area contributed by atoms with Crippen molar-refractivity contribution in [3.63, 3.8) is 0 Å². The molecule has 31 heavy (non-hydrogen) atoms. The maximum atomic E-state index is 13.5. The highest BCUT2D eigenvalue weighted by Crippen LogP contribution is 2.37. The van der Waals surface area contributed by atoms with Gasteiger partial charge in [-0.15, -0.1) is 0 Å². The van der Waals surface area contributed by atoms with Crippen molar-refractivity contribution >= 4 is 34.0 Å². The van der Waals surface area contributed by atoms with Crippen LogP contribution in [-0.4, -0.2) is 35.8 Å². The second-order valence-electron chi connectivity index (χ2n) is 7.65. The van der Waals surface area contributed by atoms with Crippen molar-refractivity contribution in [1.29, 1.82) is 0 Å². The summed E-state index contributed by atoms with van der Waals surface area (Å²) in [6, 6.07) is 8.76. The molecular weight excluding hydrogens is 419 g/mol. The number of methoxy groups -OCH3 is 1. The van der Waals surface area contributed by atoms with Crippen LogP contribution in [-0.2, 0) is 0 Å². The normalized spacial score (nSPS) is 18.7. The Hall–Kier alpha value is -2.64. The van der Waals surface area contributed by atoms with Crippen LogP contribution in [0.5, 0.6) is 11.5 Å². The van der Waals surface area contributed by atoms with Crippen LogP contribution >= 0.6 is 11.6 Å². The average molecular weight is 445 g/mol. The van der Waals surface area contributed by atoms with Gasteiger partial charge < -0.3 is 20.1 Å². The first kappa shape index (κ1) is 21.6. The molecule has 1 aromatic heterocycles. The predicted octanol–water partition coefficient (Wildman–Crippen LogP) is 5.47. The quantitative estimate of drug-likeness (QED) is 0.503. The molecule has 0 bridgehead atoms. The molecule has 2 aromatic carbocycles. The first-order valence-corrected chi connectivity index (χ1v) is 10.9. The molecule has 1 heterocycles. The van der Waals surface area contributed by atoms with Crippen molar-refractivity contribution in [3.05, 3.63) is 47.5 Å². The average Bonchev–Trinajstić information content (AvgIpc) is 2.78. The van der Waals surface area contributed by atoms with E-state index in [4.69, 9.17) is 21.1 Å². The Balaban J connectivity index is 1.60. The van der Waals surface area contributed by atoms with Crippen molar-refractivity contribution in [2.45, 2.75) is 44.8 Å². The van der Waals surface area contributed by atoms with Crippen molar-refractivity contribution in [3.8, 4) is 11.5 Å². The highest BCUT2D eigenvalue weighted by atomic mass is 35.5. The Morgan fingerprint density at radius 3 is 2.61 bits per heavy atom. The molecule has 1 aliphatic carbocycles. The molecule has 1 fully saturated rings. The number of anilines is 2. The molecule has 0 atom stereocenters. The van der Waals surface area contributed by atoms with Crippen LogP contribution in [0, 0.1) is 5.82 Å². The molecule has 3 aromatic rings. The summed E-state index contributed by atoms with van der Waals surface area (Å²) < 4.78 is 25.4. The third-order valence-electron chi connectivity index (χ3n) is 5.56. The number of hydrogen-bond donors (Lipinski definition) is 2. The lowest BCUT2D eigenvalue weighted by Crippen LogP contribution is -2.36. The van der Waals surface area contributed by atoms with Crippen LogP contribution in [0.15, 0.2) is 36.7 Å². The summed E-state index contributed by atoms with van der Waals surface area (Å²) in [5.41, 5.74) is 1.34. The SMILES string of the molecule is CCNC1CCC(Oc2cc3c(Nc4ccc(F)c(Cl)c4)ncnc3cc2OC)CC1. The summed E-state index contributed by atoms with van der Waals surface area (Å²) in [5.74, 6) is 1.41. The Kier molecular flexibility index (Phi) is 6.73. The van der Waals surface area contributed by atoms with Crippen LogP contribution in [0.3, 0.4) is 0 Å². The van der Waals surface area contributed by atoms with Crippen LogP contribution in [0.2, 0.25) is 5.02 Å². The summed E-state index contributed by atoms with van der Waals surface area (Å²) >= 11 is 5.91. The standard InChI is InChI=1S/C23H26ClFN4O2/c1-3-26-14-4-7-16(8-5-14)31-22-11-17-20(12-21(22)30-2)27-13-28-23(17)29-15-6-9-19(25)18(24)10-15/h6,9-14,16,26H,3-5,7-8H2,1-2H3,(H,27,28,29). The third kappa shape index (κ3) is 4.99. The molecule has 0 spiro atoms. The number of rotatable bonds is 7. The Morgan fingerprint density at radius 2 is 1.90 bits per heavy atom. The van der Waals surface area contributed by atoms with Gasteiger partial charge >= 0.3 is 0 Å². The van der Waals surface area contributed by atoms with Crippen molar-refractivity contribution < 1.29 is 13.9 Å². The smallest absolute Gasteiger partial charge is 0.162 e. The van der Waals surface area contributed by atoms with Crippen molar-refractivity contribution in [1.82, 2.24) is 15.3 Å². The summed E-state index contributed by atoms with van der Waals surface area (Å²) in [6.07, 6.45) is 5.77. The fourth-order valence-corrected chi connectivity index (χ4v) is 4.16. The van der Waals surface area contributed by atoms with Crippen molar-refractivity contribution in [2.24, 2.45) is 0 Å². The van der Waals surface area contributed by atoms with Gasteiger partial charge in [-0.3, -0.25) is 0 Å².